The van der Waals surface area contributed by atoms with Crippen molar-refractivity contribution in [2.24, 2.45) is 0 Å². The van der Waals surface area contributed by atoms with Crippen molar-refractivity contribution in [2.45, 2.75) is 19.6 Å². The van der Waals surface area contributed by atoms with Crippen LogP contribution in [0.25, 0.3) is 0 Å². The van der Waals surface area contributed by atoms with Gasteiger partial charge in [0, 0.05) is 11.1 Å². The SMILES string of the molecule is CC1Oc2cc([N+](=O)[O-])ccc2N(Cc2cccc(Cl)c2)C1=O. The lowest BCUT2D eigenvalue weighted by atomic mass is 10.1. The Kier molecular flexibility index (Phi) is 3.92. The number of ether oxygens (including phenoxy) is 1. The smallest absolute Gasteiger partial charge is 0.273 e. The van der Waals surface area contributed by atoms with Crippen LogP contribution in [0.3, 0.4) is 0 Å². The number of carbonyl (C=O) groups is 1. The lowest BCUT2D eigenvalue weighted by Gasteiger charge is -2.33. The largest absolute Gasteiger partial charge is 0.478 e. The quantitative estimate of drug-likeness (QED) is 0.636. The van der Waals surface area contributed by atoms with Crippen LogP contribution in [0.2, 0.25) is 5.02 Å². The van der Waals surface area contributed by atoms with E-state index in [4.69, 9.17) is 16.3 Å². The number of fused-ring (bicyclic) bond motifs is 1. The second-order valence-electron chi connectivity index (χ2n) is 5.22. The first-order valence-electron chi connectivity index (χ1n) is 6.96. The molecule has 23 heavy (non-hydrogen) atoms. The topological polar surface area (TPSA) is 72.7 Å². The van der Waals surface area contributed by atoms with Crippen molar-refractivity contribution in [3.8, 4) is 5.75 Å². The Morgan fingerprint density at radius 1 is 1.30 bits per heavy atom. The number of nitro groups is 1. The summed E-state index contributed by atoms with van der Waals surface area (Å²) in [5.74, 6) is 0.125. The van der Waals surface area contributed by atoms with E-state index in [0.717, 1.165) is 5.56 Å². The molecule has 1 aliphatic rings. The molecule has 1 heterocycles. The van der Waals surface area contributed by atoms with Crippen LogP contribution in [0.5, 0.6) is 5.75 Å². The molecule has 0 bridgehead atoms. The van der Waals surface area contributed by atoms with Crippen molar-refractivity contribution in [2.75, 3.05) is 4.90 Å². The first kappa shape index (κ1) is 15.3. The first-order valence-corrected chi connectivity index (χ1v) is 7.34. The van der Waals surface area contributed by atoms with Gasteiger partial charge in [-0.2, -0.15) is 0 Å². The Hall–Kier alpha value is -2.60. The third-order valence-corrected chi connectivity index (χ3v) is 3.83. The van der Waals surface area contributed by atoms with Crippen LogP contribution in [0.15, 0.2) is 42.5 Å². The molecular formula is C16H13ClN2O4. The molecule has 1 atom stereocenters. The molecule has 1 amide bonds. The van der Waals surface area contributed by atoms with Gasteiger partial charge < -0.3 is 9.64 Å². The van der Waals surface area contributed by atoms with E-state index in [1.165, 1.54) is 18.2 Å². The normalized spacial score (nSPS) is 16.7. The number of nitrogens with zero attached hydrogens (tertiary/aromatic N) is 2. The maximum absolute atomic E-state index is 12.4. The molecule has 1 aliphatic heterocycles. The summed E-state index contributed by atoms with van der Waals surface area (Å²) in [5.41, 5.74) is 1.30. The third kappa shape index (κ3) is 2.98. The van der Waals surface area contributed by atoms with E-state index >= 15 is 0 Å². The third-order valence-electron chi connectivity index (χ3n) is 3.59. The molecule has 0 saturated carbocycles. The second-order valence-corrected chi connectivity index (χ2v) is 5.66. The minimum atomic E-state index is -0.705. The second kappa shape index (κ2) is 5.89. The monoisotopic (exact) mass is 332 g/mol. The van der Waals surface area contributed by atoms with E-state index in [9.17, 15) is 14.9 Å². The van der Waals surface area contributed by atoms with Crippen LogP contribution in [0, 0.1) is 10.1 Å². The van der Waals surface area contributed by atoms with Gasteiger partial charge in [-0.3, -0.25) is 14.9 Å². The zero-order valence-electron chi connectivity index (χ0n) is 12.2. The van der Waals surface area contributed by atoms with E-state index in [1.807, 2.05) is 12.1 Å². The van der Waals surface area contributed by atoms with Crippen molar-refractivity contribution in [1.82, 2.24) is 0 Å². The highest BCUT2D eigenvalue weighted by Crippen LogP contribution is 2.37. The maximum Gasteiger partial charge on any atom is 0.273 e. The lowest BCUT2D eigenvalue weighted by Crippen LogP contribution is -2.44. The molecule has 118 valence electrons. The van der Waals surface area contributed by atoms with Gasteiger partial charge in [0.2, 0.25) is 0 Å². The standard InChI is InChI=1S/C16H13ClN2O4/c1-10-16(20)18(9-11-3-2-4-12(17)7-11)14-6-5-13(19(21)22)8-15(14)23-10/h2-8,10H,9H2,1H3. The van der Waals surface area contributed by atoms with Crippen LogP contribution in [0.1, 0.15) is 12.5 Å². The summed E-state index contributed by atoms with van der Waals surface area (Å²) in [7, 11) is 0. The number of anilines is 1. The molecule has 6 nitrogen and oxygen atoms in total. The van der Waals surface area contributed by atoms with Gasteiger partial charge in [0.15, 0.2) is 11.9 Å². The molecule has 7 heteroatoms. The molecule has 0 fully saturated rings. The Labute approximate surface area is 137 Å². The summed E-state index contributed by atoms with van der Waals surface area (Å²) >= 11 is 5.98. The summed E-state index contributed by atoms with van der Waals surface area (Å²) in [6.07, 6.45) is -0.705. The average molecular weight is 333 g/mol. The predicted molar refractivity (Wildman–Crippen MR) is 85.8 cm³/mol. The predicted octanol–water partition coefficient (Wildman–Crippen LogP) is 3.56. The van der Waals surface area contributed by atoms with Gasteiger partial charge in [0.25, 0.3) is 11.6 Å². The Morgan fingerprint density at radius 2 is 2.09 bits per heavy atom. The number of halogens is 1. The fourth-order valence-corrected chi connectivity index (χ4v) is 2.71. The molecule has 0 aromatic heterocycles. The summed E-state index contributed by atoms with van der Waals surface area (Å²) < 4.78 is 5.50. The molecule has 3 rings (SSSR count). The van der Waals surface area contributed by atoms with Gasteiger partial charge in [-0.05, 0) is 30.7 Å². The number of nitro benzene ring substituents is 1. The maximum atomic E-state index is 12.4. The Bertz CT molecular complexity index is 793. The van der Waals surface area contributed by atoms with E-state index in [0.29, 0.717) is 23.0 Å². The van der Waals surface area contributed by atoms with E-state index in [1.54, 1.807) is 24.0 Å². The lowest BCUT2D eigenvalue weighted by molar-refractivity contribution is -0.384. The van der Waals surface area contributed by atoms with E-state index < -0.39 is 11.0 Å². The molecule has 0 radical (unpaired) electrons. The van der Waals surface area contributed by atoms with Gasteiger partial charge in [-0.15, -0.1) is 0 Å². The van der Waals surface area contributed by atoms with E-state index in [2.05, 4.69) is 0 Å². The zero-order valence-corrected chi connectivity index (χ0v) is 13.0. The number of benzene rings is 2. The van der Waals surface area contributed by atoms with Gasteiger partial charge in [0.1, 0.15) is 0 Å². The minimum Gasteiger partial charge on any atom is -0.478 e. The molecule has 0 saturated heterocycles. The van der Waals surface area contributed by atoms with Crippen LogP contribution in [-0.2, 0) is 11.3 Å². The molecule has 2 aromatic carbocycles. The van der Waals surface area contributed by atoms with Gasteiger partial charge in [-0.1, -0.05) is 23.7 Å². The van der Waals surface area contributed by atoms with Crippen molar-refractivity contribution in [3.05, 3.63) is 63.2 Å². The number of carbonyl (C=O) groups excluding carboxylic acids is 1. The number of hydrogen-bond acceptors (Lipinski definition) is 4. The van der Waals surface area contributed by atoms with Crippen molar-refractivity contribution in [3.63, 3.8) is 0 Å². The van der Waals surface area contributed by atoms with Crippen molar-refractivity contribution < 1.29 is 14.5 Å². The summed E-state index contributed by atoms with van der Waals surface area (Å²) in [6, 6.07) is 11.4. The van der Waals surface area contributed by atoms with Gasteiger partial charge in [0.05, 0.1) is 23.2 Å². The number of non-ortho nitro benzene ring substituents is 1. The molecule has 0 N–H and O–H groups in total. The van der Waals surface area contributed by atoms with Crippen molar-refractivity contribution >= 4 is 28.9 Å². The van der Waals surface area contributed by atoms with Crippen LogP contribution in [-0.4, -0.2) is 16.9 Å². The highest BCUT2D eigenvalue weighted by atomic mass is 35.5. The van der Waals surface area contributed by atoms with E-state index in [-0.39, 0.29) is 11.6 Å². The van der Waals surface area contributed by atoms with Crippen molar-refractivity contribution in [1.29, 1.82) is 0 Å². The zero-order chi connectivity index (χ0) is 16.6. The van der Waals surface area contributed by atoms with Gasteiger partial charge >= 0.3 is 0 Å². The molecule has 0 spiro atoms. The van der Waals surface area contributed by atoms with Crippen LogP contribution < -0.4 is 9.64 Å². The highest BCUT2D eigenvalue weighted by Gasteiger charge is 2.32. The minimum absolute atomic E-state index is 0.0759. The number of hydrogen-bond donors (Lipinski definition) is 0. The average Bonchev–Trinajstić information content (AvgIpc) is 2.51. The molecular weight excluding hydrogens is 320 g/mol. The first-order chi connectivity index (χ1) is 11.0. The summed E-state index contributed by atoms with van der Waals surface area (Å²) in [5, 5.41) is 11.5. The van der Waals surface area contributed by atoms with Crippen LogP contribution >= 0.6 is 11.6 Å². The Balaban J connectivity index is 2.00. The summed E-state index contributed by atoms with van der Waals surface area (Å²) in [4.78, 5) is 24.4. The highest BCUT2D eigenvalue weighted by molar-refractivity contribution is 6.30. The Morgan fingerprint density at radius 3 is 2.78 bits per heavy atom. The van der Waals surface area contributed by atoms with Gasteiger partial charge in [-0.25, -0.2) is 0 Å². The summed E-state index contributed by atoms with van der Waals surface area (Å²) in [6.45, 7) is 1.94. The molecule has 1 unspecified atom stereocenters. The number of rotatable bonds is 3. The fraction of sp³-hybridized carbons (Fsp3) is 0.188. The molecule has 0 aliphatic carbocycles. The molecule has 2 aromatic rings. The van der Waals surface area contributed by atoms with Crippen LogP contribution in [0.4, 0.5) is 11.4 Å². The fourth-order valence-electron chi connectivity index (χ4n) is 2.49. The number of amides is 1.